The molecule has 0 spiro atoms. The van der Waals surface area contributed by atoms with Crippen molar-refractivity contribution in [3.8, 4) is 12.1 Å². The van der Waals surface area contributed by atoms with Crippen molar-refractivity contribution in [2.45, 2.75) is 13.3 Å². The summed E-state index contributed by atoms with van der Waals surface area (Å²) in [6, 6.07) is 8.97. The number of nitrogens with one attached hydrogen (secondary N) is 1. The van der Waals surface area contributed by atoms with Crippen LogP contribution in [0.15, 0.2) is 18.2 Å². The smallest absolute Gasteiger partial charge is 0.355 e. The Balaban J connectivity index is 2.59. The van der Waals surface area contributed by atoms with Gasteiger partial charge in [-0.25, -0.2) is 4.79 Å². The Morgan fingerprint density at radius 2 is 2.14 bits per heavy atom. The fourth-order valence-corrected chi connectivity index (χ4v) is 2.31. The summed E-state index contributed by atoms with van der Waals surface area (Å²) in [5, 5.41) is 19.2. The van der Waals surface area contributed by atoms with Crippen LogP contribution < -0.4 is 0 Å². The van der Waals surface area contributed by atoms with E-state index in [0.717, 1.165) is 5.39 Å². The lowest BCUT2D eigenvalue weighted by Crippen LogP contribution is -2.10. The van der Waals surface area contributed by atoms with Crippen LogP contribution in [0.25, 0.3) is 10.9 Å². The third kappa shape index (κ3) is 2.99. The molecule has 0 bridgehead atoms. The van der Waals surface area contributed by atoms with Gasteiger partial charge >= 0.3 is 5.97 Å². The molecule has 2 aromatic rings. The summed E-state index contributed by atoms with van der Waals surface area (Å²) >= 11 is 5.98. The van der Waals surface area contributed by atoms with Gasteiger partial charge in [0.1, 0.15) is 11.6 Å². The molecule has 1 N–H and O–H groups in total. The Bertz CT molecular complexity index is 754. The van der Waals surface area contributed by atoms with Gasteiger partial charge in [-0.15, -0.1) is 0 Å². The van der Waals surface area contributed by atoms with Gasteiger partial charge in [0.2, 0.25) is 0 Å². The van der Waals surface area contributed by atoms with Gasteiger partial charge in [-0.2, -0.15) is 10.5 Å². The summed E-state index contributed by atoms with van der Waals surface area (Å²) < 4.78 is 5.01. The zero-order valence-electron chi connectivity index (χ0n) is 11.3. The Hall–Kier alpha value is -2.50. The zero-order valence-corrected chi connectivity index (χ0v) is 12.1. The molecule has 1 aromatic heterocycles. The van der Waals surface area contributed by atoms with Crippen molar-refractivity contribution in [2.24, 2.45) is 5.92 Å². The van der Waals surface area contributed by atoms with Crippen molar-refractivity contribution in [1.29, 1.82) is 10.5 Å². The fraction of sp³-hybridized carbons (Fsp3) is 0.267. The van der Waals surface area contributed by atoms with Crippen molar-refractivity contribution >= 4 is 28.5 Å². The molecule has 1 aromatic carbocycles. The minimum atomic E-state index is -0.837. The third-order valence-corrected chi connectivity index (χ3v) is 3.30. The van der Waals surface area contributed by atoms with Gasteiger partial charge < -0.3 is 9.72 Å². The number of halogens is 1. The van der Waals surface area contributed by atoms with E-state index in [0.29, 0.717) is 16.1 Å². The summed E-state index contributed by atoms with van der Waals surface area (Å²) in [7, 11) is 0. The summed E-state index contributed by atoms with van der Waals surface area (Å²) in [6.45, 7) is 1.96. The van der Waals surface area contributed by atoms with Crippen molar-refractivity contribution in [3.05, 3.63) is 34.5 Å². The van der Waals surface area contributed by atoms with E-state index in [-0.39, 0.29) is 18.7 Å². The van der Waals surface area contributed by atoms with Crippen LogP contribution in [0, 0.1) is 28.6 Å². The van der Waals surface area contributed by atoms with E-state index >= 15 is 0 Å². The molecule has 0 saturated carbocycles. The molecular weight excluding hydrogens is 290 g/mol. The van der Waals surface area contributed by atoms with Crippen molar-refractivity contribution in [2.75, 3.05) is 6.61 Å². The molecule has 21 heavy (non-hydrogen) atoms. The van der Waals surface area contributed by atoms with E-state index in [1.807, 2.05) is 12.1 Å². The standard InChI is InChI=1S/C15H12ClN3O2/c1-2-21-15(20)14-12(5-9(7-17)8-18)11-6-10(16)3-4-13(11)19-14/h3-4,6,9,19H,2,5H2,1H3. The van der Waals surface area contributed by atoms with Crippen LogP contribution in [-0.4, -0.2) is 17.6 Å². The van der Waals surface area contributed by atoms with E-state index < -0.39 is 11.9 Å². The number of benzene rings is 1. The second kappa shape index (κ2) is 6.30. The Kier molecular flexibility index (Phi) is 4.47. The summed E-state index contributed by atoms with van der Waals surface area (Å²) in [5.74, 6) is -1.34. The number of nitrogens with zero attached hydrogens (tertiary/aromatic N) is 2. The first kappa shape index (κ1) is 14.9. The molecule has 2 rings (SSSR count). The number of ether oxygens (including phenoxy) is 1. The zero-order chi connectivity index (χ0) is 15.4. The Morgan fingerprint density at radius 1 is 1.43 bits per heavy atom. The molecule has 6 heteroatoms. The summed E-state index contributed by atoms with van der Waals surface area (Å²) in [6.07, 6.45) is 0.140. The van der Waals surface area contributed by atoms with Crippen LogP contribution in [-0.2, 0) is 11.2 Å². The highest BCUT2D eigenvalue weighted by molar-refractivity contribution is 6.31. The normalized spacial score (nSPS) is 10.3. The summed E-state index contributed by atoms with van der Waals surface area (Å²) in [5.41, 5.74) is 1.57. The highest BCUT2D eigenvalue weighted by Crippen LogP contribution is 2.28. The number of rotatable bonds is 4. The van der Waals surface area contributed by atoms with Gasteiger partial charge in [-0.3, -0.25) is 0 Å². The second-order valence-electron chi connectivity index (χ2n) is 4.40. The summed E-state index contributed by atoms with van der Waals surface area (Å²) in [4.78, 5) is 15.0. The number of carbonyl (C=O) groups is 1. The lowest BCUT2D eigenvalue weighted by Gasteiger charge is -2.04. The van der Waals surface area contributed by atoms with Crippen LogP contribution in [0.5, 0.6) is 0 Å². The first-order valence-electron chi connectivity index (χ1n) is 6.37. The molecule has 0 atom stereocenters. The number of aromatic nitrogens is 1. The highest BCUT2D eigenvalue weighted by Gasteiger charge is 2.21. The molecule has 0 saturated heterocycles. The maximum atomic E-state index is 12.0. The van der Waals surface area contributed by atoms with Gasteiger partial charge in [0, 0.05) is 22.3 Å². The monoisotopic (exact) mass is 301 g/mol. The number of aromatic amines is 1. The number of hydrogen-bond acceptors (Lipinski definition) is 4. The Labute approximate surface area is 126 Å². The quantitative estimate of drug-likeness (QED) is 0.878. The van der Waals surface area contributed by atoms with Crippen LogP contribution >= 0.6 is 11.6 Å². The van der Waals surface area contributed by atoms with Crippen molar-refractivity contribution in [1.82, 2.24) is 4.98 Å². The SMILES string of the molecule is CCOC(=O)c1[nH]c2ccc(Cl)cc2c1CC(C#N)C#N. The molecule has 0 unspecified atom stereocenters. The van der Waals surface area contributed by atoms with E-state index in [2.05, 4.69) is 4.98 Å². The number of nitriles is 2. The van der Waals surface area contributed by atoms with E-state index in [4.69, 9.17) is 26.9 Å². The minimum absolute atomic E-state index is 0.140. The molecule has 0 aliphatic rings. The third-order valence-electron chi connectivity index (χ3n) is 3.07. The van der Waals surface area contributed by atoms with E-state index in [1.54, 1.807) is 25.1 Å². The number of carbonyl (C=O) groups excluding carboxylic acids is 1. The minimum Gasteiger partial charge on any atom is -0.461 e. The number of H-pyrrole nitrogens is 1. The molecule has 106 valence electrons. The van der Waals surface area contributed by atoms with Crippen molar-refractivity contribution < 1.29 is 9.53 Å². The molecule has 1 heterocycles. The molecule has 0 aliphatic heterocycles. The number of hydrogen-bond donors (Lipinski definition) is 1. The lowest BCUT2D eigenvalue weighted by molar-refractivity contribution is 0.0519. The van der Waals surface area contributed by atoms with Gasteiger partial charge in [0.25, 0.3) is 0 Å². The van der Waals surface area contributed by atoms with E-state index in [9.17, 15) is 4.79 Å². The number of fused-ring (bicyclic) bond motifs is 1. The van der Waals surface area contributed by atoms with Gasteiger partial charge in [0.05, 0.1) is 18.7 Å². The average Bonchev–Trinajstić information content (AvgIpc) is 2.83. The van der Waals surface area contributed by atoms with Gasteiger partial charge in [-0.05, 0) is 30.7 Å². The maximum absolute atomic E-state index is 12.0. The average molecular weight is 302 g/mol. The lowest BCUT2D eigenvalue weighted by atomic mass is 9.99. The van der Waals surface area contributed by atoms with Gasteiger partial charge in [-0.1, -0.05) is 11.6 Å². The molecule has 0 aliphatic carbocycles. The first-order chi connectivity index (χ1) is 10.1. The fourth-order valence-electron chi connectivity index (χ4n) is 2.13. The molecule has 5 nitrogen and oxygen atoms in total. The van der Waals surface area contributed by atoms with E-state index in [1.165, 1.54) is 0 Å². The van der Waals surface area contributed by atoms with Crippen LogP contribution in [0.4, 0.5) is 0 Å². The largest absolute Gasteiger partial charge is 0.461 e. The predicted octanol–water partition coefficient (Wildman–Crippen LogP) is 3.20. The first-order valence-corrected chi connectivity index (χ1v) is 6.75. The predicted molar refractivity (Wildman–Crippen MR) is 77.7 cm³/mol. The van der Waals surface area contributed by atoms with Crippen LogP contribution in [0.2, 0.25) is 5.02 Å². The number of esters is 1. The Morgan fingerprint density at radius 3 is 2.76 bits per heavy atom. The molecule has 0 amide bonds. The molecular formula is C15H12ClN3O2. The van der Waals surface area contributed by atoms with Crippen molar-refractivity contribution in [3.63, 3.8) is 0 Å². The molecule has 0 fully saturated rings. The topological polar surface area (TPSA) is 89.7 Å². The van der Waals surface area contributed by atoms with Crippen LogP contribution in [0.3, 0.4) is 0 Å². The van der Waals surface area contributed by atoms with Gasteiger partial charge in [0.15, 0.2) is 0 Å². The molecule has 0 radical (unpaired) electrons. The maximum Gasteiger partial charge on any atom is 0.355 e. The highest BCUT2D eigenvalue weighted by atomic mass is 35.5. The second-order valence-corrected chi connectivity index (χ2v) is 4.84. The van der Waals surface area contributed by atoms with Crippen LogP contribution in [0.1, 0.15) is 23.0 Å².